The zero-order valence-electron chi connectivity index (χ0n) is 4.09. The van der Waals surface area contributed by atoms with Crippen LogP contribution in [0.25, 0.3) is 0 Å². The van der Waals surface area contributed by atoms with Crippen molar-refractivity contribution in [1.82, 2.24) is 0 Å². The van der Waals surface area contributed by atoms with Crippen LogP contribution in [-0.4, -0.2) is 12.7 Å². The molecule has 2 heteroatoms. The van der Waals surface area contributed by atoms with Crippen LogP contribution >= 0.6 is 0 Å². The van der Waals surface area contributed by atoms with Gasteiger partial charge in [-0.2, -0.15) is 0 Å². The van der Waals surface area contributed by atoms with E-state index in [9.17, 15) is 0 Å². The molecule has 1 aliphatic heterocycles. The Morgan fingerprint density at radius 1 is 1.86 bits per heavy atom. The quantitative estimate of drug-likeness (QED) is 0.377. The molecule has 0 radical (unpaired) electrons. The van der Waals surface area contributed by atoms with Crippen LogP contribution in [-0.2, 0) is 4.74 Å². The molecule has 1 unspecified atom stereocenters. The summed E-state index contributed by atoms with van der Waals surface area (Å²) in [4.78, 5) is 0. The first kappa shape index (κ1) is 6.63. The molecule has 42 valence electrons. The molecule has 0 aromatic heterocycles. The van der Waals surface area contributed by atoms with Gasteiger partial charge in [0.05, 0.1) is 12.7 Å². The zero-order valence-corrected chi connectivity index (χ0v) is 4.09. The third-order valence-corrected chi connectivity index (χ3v) is 0.832. The lowest BCUT2D eigenvalue weighted by Crippen LogP contribution is -1.75. The summed E-state index contributed by atoms with van der Waals surface area (Å²) in [6.45, 7) is 4.51. The Hall–Kier alpha value is -0.370. The van der Waals surface area contributed by atoms with E-state index in [4.69, 9.17) is 4.74 Å². The van der Waals surface area contributed by atoms with Crippen molar-refractivity contribution in [2.24, 2.45) is 0 Å². The van der Waals surface area contributed by atoms with E-state index >= 15 is 0 Å². The largest absolute Gasteiger partial charge is 0.373 e. The highest BCUT2D eigenvalue weighted by molar-refractivity contribution is 4.79. The second-order valence-electron chi connectivity index (χ2n) is 1.48. The van der Waals surface area contributed by atoms with Crippen LogP contribution in [0.4, 0.5) is 4.70 Å². The molecule has 1 nitrogen and oxygen atoms in total. The normalized spacial score (nSPS) is 25.4. The lowest BCUT2D eigenvalue weighted by molar-refractivity contribution is 0.410. The van der Waals surface area contributed by atoms with Crippen molar-refractivity contribution in [2.75, 3.05) is 6.61 Å². The number of halogens is 1. The molecule has 0 saturated carbocycles. The predicted molar refractivity (Wildman–Crippen MR) is 27.1 cm³/mol. The van der Waals surface area contributed by atoms with Gasteiger partial charge < -0.3 is 4.74 Å². The molecule has 0 aliphatic carbocycles. The second-order valence-corrected chi connectivity index (χ2v) is 1.48. The highest BCUT2D eigenvalue weighted by Crippen LogP contribution is 2.12. The summed E-state index contributed by atoms with van der Waals surface area (Å²) < 4.78 is 4.88. The smallest absolute Gasteiger partial charge is 0.0844 e. The van der Waals surface area contributed by atoms with Gasteiger partial charge in [0.15, 0.2) is 0 Å². The fourth-order valence-corrected chi connectivity index (χ4v) is 0.390. The minimum Gasteiger partial charge on any atom is -0.373 e. The summed E-state index contributed by atoms with van der Waals surface area (Å²) in [5.41, 5.74) is 0. The maximum atomic E-state index is 4.88. The molecule has 0 bridgehead atoms. The van der Waals surface area contributed by atoms with Gasteiger partial charge in [-0.15, -0.1) is 6.58 Å². The number of epoxide rings is 1. The van der Waals surface area contributed by atoms with Crippen LogP contribution < -0.4 is 0 Å². The van der Waals surface area contributed by atoms with Gasteiger partial charge in [0.25, 0.3) is 0 Å². The Morgan fingerprint density at radius 3 is 2.57 bits per heavy atom. The summed E-state index contributed by atoms with van der Waals surface area (Å²) in [7, 11) is 0. The van der Waals surface area contributed by atoms with E-state index in [1.54, 1.807) is 0 Å². The van der Waals surface area contributed by atoms with Crippen LogP contribution in [0, 0.1) is 0 Å². The van der Waals surface area contributed by atoms with Crippen LogP contribution in [0.5, 0.6) is 0 Å². The first-order valence-electron chi connectivity index (χ1n) is 2.16. The average molecular weight is 104 g/mol. The topological polar surface area (TPSA) is 12.5 Å². The van der Waals surface area contributed by atoms with Crippen molar-refractivity contribution in [3.05, 3.63) is 12.7 Å². The van der Waals surface area contributed by atoms with Crippen molar-refractivity contribution in [2.45, 2.75) is 12.5 Å². The Balaban J connectivity index is 0.000000360. The molecule has 1 saturated heterocycles. The van der Waals surface area contributed by atoms with Crippen LogP contribution in [0.1, 0.15) is 6.42 Å². The fraction of sp³-hybridized carbons (Fsp3) is 0.600. The zero-order chi connectivity index (χ0) is 4.41. The molecule has 0 aromatic carbocycles. The standard InChI is InChI=1S/C5H8O.FH/c1-2-3-5-4-6-5;/h2,5H,1,3-4H2;1H. The summed E-state index contributed by atoms with van der Waals surface area (Å²) in [5, 5.41) is 0. The van der Waals surface area contributed by atoms with Gasteiger partial charge in [-0.1, -0.05) is 6.08 Å². The molecule has 1 atom stereocenters. The summed E-state index contributed by atoms with van der Waals surface area (Å²) in [6, 6.07) is 0. The number of ether oxygens (including phenoxy) is 1. The highest BCUT2D eigenvalue weighted by atomic mass is 19.0. The van der Waals surface area contributed by atoms with Gasteiger partial charge in [0.1, 0.15) is 0 Å². The molecular formula is C5H9FO. The third-order valence-electron chi connectivity index (χ3n) is 0.832. The maximum absolute atomic E-state index is 4.88. The van der Waals surface area contributed by atoms with Gasteiger partial charge in [0.2, 0.25) is 0 Å². The van der Waals surface area contributed by atoms with E-state index in [2.05, 4.69) is 6.58 Å². The number of rotatable bonds is 2. The van der Waals surface area contributed by atoms with E-state index in [0.29, 0.717) is 6.10 Å². The molecule has 1 heterocycles. The van der Waals surface area contributed by atoms with Crippen molar-refractivity contribution in [1.29, 1.82) is 0 Å². The lowest BCUT2D eigenvalue weighted by atomic mass is 10.3. The predicted octanol–water partition coefficient (Wildman–Crippen LogP) is 1.11. The minimum absolute atomic E-state index is 0. The molecule has 1 aliphatic rings. The van der Waals surface area contributed by atoms with Gasteiger partial charge in [-0.3, -0.25) is 4.70 Å². The molecule has 0 aromatic rings. The van der Waals surface area contributed by atoms with Crippen molar-refractivity contribution in [3.8, 4) is 0 Å². The van der Waals surface area contributed by atoms with Gasteiger partial charge in [0, 0.05) is 0 Å². The molecule has 1 fully saturated rings. The Morgan fingerprint density at radius 2 is 2.43 bits per heavy atom. The second kappa shape index (κ2) is 2.75. The first-order chi connectivity index (χ1) is 2.93. The van der Waals surface area contributed by atoms with Crippen molar-refractivity contribution >= 4 is 0 Å². The van der Waals surface area contributed by atoms with Crippen LogP contribution in [0.15, 0.2) is 12.7 Å². The minimum atomic E-state index is 0. The van der Waals surface area contributed by atoms with E-state index in [-0.39, 0.29) is 4.70 Å². The summed E-state index contributed by atoms with van der Waals surface area (Å²) >= 11 is 0. The lowest BCUT2D eigenvalue weighted by Gasteiger charge is -1.73. The van der Waals surface area contributed by atoms with E-state index in [0.717, 1.165) is 13.0 Å². The Bertz CT molecular complexity index is 59.1. The Kier molecular flexibility index (Phi) is 2.60. The number of hydrogen-bond acceptors (Lipinski definition) is 1. The molecular weight excluding hydrogens is 95.1 g/mol. The van der Waals surface area contributed by atoms with E-state index in [1.165, 1.54) is 0 Å². The highest BCUT2D eigenvalue weighted by Gasteiger charge is 2.19. The number of hydrogen-bond donors (Lipinski definition) is 0. The molecule has 0 amide bonds. The van der Waals surface area contributed by atoms with Gasteiger partial charge in [-0.25, -0.2) is 0 Å². The molecule has 0 N–H and O–H groups in total. The SMILES string of the molecule is C=CCC1CO1.F. The van der Waals surface area contributed by atoms with Gasteiger partial charge in [-0.05, 0) is 6.42 Å². The first-order valence-corrected chi connectivity index (χ1v) is 2.16. The monoisotopic (exact) mass is 104 g/mol. The maximum Gasteiger partial charge on any atom is 0.0844 e. The third kappa shape index (κ3) is 2.34. The van der Waals surface area contributed by atoms with Crippen molar-refractivity contribution < 1.29 is 9.44 Å². The van der Waals surface area contributed by atoms with Gasteiger partial charge >= 0.3 is 0 Å². The average Bonchev–Trinajstić information content (AvgIpc) is 2.21. The van der Waals surface area contributed by atoms with Crippen LogP contribution in [0.3, 0.4) is 0 Å². The molecule has 1 rings (SSSR count). The summed E-state index contributed by atoms with van der Waals surface area (Å²) in [5.74, 6) is 0. The molecule has 0 spiro atoms. The Labute approximate surface area is 42.3 Å². The van der Waals surface area contributed by atoms with E-state index in [1.807, 2.05) is 6.08 Å². The van der Waals surface area contributed by atoms with Crippen molar-refractivity contribution in [3.63, 3.8) is 0 Å². The summed E-state index contributed by atoms with van der Waals surface area (Å²) in [6.07, 6.45) is 3.44. The fourth-order valence-electron chi connectivity index (χ4n) is 0.390. The van der Waals surface area contributed by atoms with Crippen LogP contribution in [0.2, 0.25) is 0 Å². The van der Waals surface area contributed by atoms with E-state index < -0.39 is 0 Å². The molecule has 7 heavy (non-hydrogen) atoms.